The Morgan fingerprint density at radius 1 is 0.738 bits per heavy atom. The van der Waals surface area contributed by atoms with Crippen LogP contribution in [0.2, 0.25) is 0 Å². The monoisotopic (exact) mass is 566 g/mol. The van der Waals surface area contributed by atoms with E-state index >= 15 is 0 Å². The van der Waals surface area contributed by atoms with E-state index in [0.29, 0.717) is 11.1 Å². The van der Waals surface area contributed by atoms with E-state index in [9.17, 15) is 24.7 Å². The molecule has 0 aliphatic heterocycles. The third-order valence-electron chi connectivity index (χ3n) is 7.21. The Morgan fingerprint density at radius 3 is 1.79 bits per heavy atom. The topological polar surface area (TPSA) is 125 Å². The number of benzene rings is 4. The van der Waals surface area contributed by atoms with Gasteiger partial charge in [0.15, 0.2) is 6.04 Å². The van der Waals surface area contributed by atoms with Crippen molar-refractivity contribution in [2.75, 3.05) is 6.61 Å². The van der Waals surface area contributed by atoms with E-state index in [1.807, 2.05) is 54.6 Å². The number of aliphatic carboxylic acids is 1. The molecule has 4 aromatic rings. The van der Waals surface area contributed by atoms with Crippen molar-refractivity contribution in [3.05, 3.63) is 131 Å². The summed E-state index contributed by atoms with van der Waals surface area (Å²) in [6, 6.07) is 30.6. The number of amides is 1. The predicted molar refractivity (Wildman–Crippen MR) is 153 cm³/mol. The lowest BCUT2D eigenvalue weighted by Crippen LogP contribution is -2.49. The summed E-state index contributed by atoms with van der Waals surface area (Å²) < 4.78 is 5.60. The highest BCUT2D eigenvalue weighted by atomic mass is 16.9. The van der Waals surface area contributed by atoms with Crippen LogP contribution < -0.4 is 5.32 Å². The van der Waals surface area contributed by atoms with Gasteiger partial charge in [-0.05, 0) is 38.6 Å². The molecule has 4 aromatic carbocycles. The molecule has 0 saturated heterocycles. The van der Waals surface area contributed by atoms with Crippen LogP contribution in [0, 0.1) is 0 Å². The molecule has 0 fully saturated rings. The van der Waals surface area contributed by atoms with Crippen LogP contribution in [0.3, 0.4) is 0 Å². The molecule has 5 rings (SSSR count). The standard InChI is InChI=1S/C33H30N2O7/c36-31(37)30(20-23-13-5-2-6-14-23)35(40)42-32(38)29(19-22-11-3-1-4-12-22)34-33(39)41-21-28-26-17-9-7-15-24(26)25-16-8-10-18-27(25)28/h1-18,28-30,40H,19-21H2,(H,34,39)(H,36,37)/t29-,30-/m0/s1. The molecule has 9 heteroatoms. The van der Waals surface area contributed by atoms with Crippen molar-refractivity contribution in [1.29, 1.82) is 0 Å². The van der Waals surface area contributed by atoms with Crippen molar-refractivity contribution < 1.29 is 34.3 Å². The van der Waals surface area contributed by atoms with E-state index in [0.717, 1.165) is 22.3 Å². The third kappa shape index (κ3) is 6.65. The Bertz CT molecular complexity index is 1500. The van der Waals surface area contributed by atoms with Gasteiger partial charge in [-0.3, -0.25) is 10.0 Å². The zero-order chi connectivity index (χ0) is 29.5. The number of carboxylic acid groups (broad SMARTS) is 1. The molecule has 0 spiro atoms. The molecule has 214 valence electrons. The Morgan fingerprint density at radius 2 is 1.24 bits per heavy atom. The first-order valence-corrected chi connectivity index (χ1v) is 13.5. The highest BCUT2D eigenvalue weighted by molar-refractivity contribution is 5.82. The van der Waals surface area contributed by atoms with E-state index in [1.165, 1.54) is 0 Å². The van der Waals surface area contributed by atoms with Crippen molar-refractivity contribution in [2.24, 2.45) is 0 Å². The lowest BCUT2D eigenvalue weighted by atomic mass is 9.98. The smallest absolute Gasteiger partial charge is 0.407 e. The van der Waals surface area contributed by atoms with E-state index in [1.54, 1.807) is 54.6 Å². The number of rotatable bonds is 11. The van der Waals surface area contributed by atoms with Gasteiger partial charge in [-0.1, -0.05) is 109 Å². The summed E-state index contributed by atoms with van der Waals surface area (Å²) in [6.07, 6.45) is -0.949. The zero-order valence-corrected chi connectivity index (χ0v) is 22.6. The molecule has 9 nitrogen and oxygen atoms in total. The number of hydroxylamine groups is 2. The van der Waals surface area contributed by atoms with E-state index in [4.69, 9.17) is 9.57 Å². The molecule has 2 atom stereocenters. The van der Waals surface area contributed by atoms with E-state index in [-0.39, 0.29) is 30.6 Å². The van der Waals surface area contributed by atoms with Gasteiger partial charge >= 0.3 is 18.0 Å². The average molecular weight is 567 g/mol. The number of carboxylic acids is 1. The number of fused-ring (bicyclic) bond motifs is 3. The van der Waals surface area contributed by atoms with Crippen LogP contribution in [0.1, 0.15) is 28.2 Å². The molecule has 0 aromatic heterocycles. The summed E-state index contributed by atoms with van der Waals surface area (Å²) in [5.41, 5.74) is 5.58. The molecule has 0 saturated carbocycles. The fourth-order valence-electron chi connectivity index (χ4n) is 5.14. The normalized spacial score (nSPS) is 13.5. The lowest BCUT2D eigenvalue weighted by Gasteiger charge is -2.24. The number of carbonyl (C=O) groups excluding carboxylic acids is 2. The van der Waals surface area contributed by atoms with Crippen LogP contribution in [0.5, 0.6) is 0 Å². The summed E-state index contributed by atoms with van der Waals surface area (Å²) in [7, 11) is 0. The second-order valence-corrected chi connectivity index (χ2v) is 9.97. The van der Waals surface area contributed by atoms with Crippen molar-refractivity contribution in [3.8, 4) is 11.1 Å². The predicted octanol–water partition coefficient (Wildman–Crippen LogP) is 4.98. The van der Waals surface area contributed by atoms with Gasteiger partial charge in [-0.25, -0.2) is 9.59 Å². The minimum Gasteiger partial charge on any atom is -0.480 e. The minimum absolute atomic E-state index is 0.0220. The summed E-state index contributed by atoms with van der Waals surface area (Å²) in [5.74, 6) is -2.61. The molecular formula is C33H30N2O7. The van der Waals surface area contributed by atoms with Gasteiger partial charge in [-0.2, -0.15) is 0 Å². The number of alkyl carbamates (subject to hydrolysis) is 1. The van der Waals surface area contributed by atoms with Crippen molar-refractivity contribution in [3.63, 3.8) is 0 Å². The lowest BCUT2D eigenvalue weighted by molar-refractivity contribution is -0.335. The van der Waals surface area contributed by atoms with Crippen LogP contribution in [0.4, 0.5) is 4.79 Å². The zero-order valence-electron chi connectivity index (χ0n) is 22.6. The van der Waals surface area contributed by atoms with Gasteiger partial charge < -0.3 is 20.0 Å². The molecule has 42 heavy (non-hydrogen) atoms. The van der Waals surface area contributed by atoms with Crippen LogP contribution >= 0.6 is 0 Å². The summed E-state index contributed by atoms with van der Waals surface area (Å²) in [6.45, 7) is 0.0389. The molecule has 3 N–H and O–H groups in total. The van der Waals surface area contributed by atoms with Crippen LogP contribution in [0.15, 0.2) is 109 Å². The number of nitrogens with one attached hydrogen (secondary N) is 1. The van der Waals surface area contributed by atoms with Crippen molar-refractivity contribution in [2.45, 2.75) is 30.8 Å². The van der Waals surface area contributed by atoms with Gasteiger partial charge in [0.05, 0.1) is 0 Å². The highest BCUT2D eigenvalue weighted by Gasteiger charge is 2.33. The number of hydrogen-bond donors (Lipinski definition) is 3. The van der Waals surface area contributed by atoms with Crippen LogP contribution in [0.25, 0.3) is 11.1 Å². The highest BCUT2D eigenvalue weighted by Crippen LogP contribution is 2.44. The fraction of sp³-hybridized carbons (Fsp3) is 0.182. The fourth-order valence-corrected chi connectivity index (χ4v) is 5.14. The minimum atomic E-state index is -1.57. The maximum Gasteiger partial charge on any atom is 0.407 e. The summed E-state index contributed by atoms with van der Waals surface area (Å²) >= 11 is 0. The Balaban J connectivity index is 1.27. The average Bonchev–Trinajstić information content (AvgIpc) is 3.33. The van der Waals surface area contributed by atoms with Crippen molar-refractivity contribution >= 4 is 18.0 Å². The number of ether oxygens (including phenoxy) is 1. The van der Waals surface area contributed by atoms with Gasteiger partial charge in [0.25, 0.3) is 0 Å². The number of hydrogen-bond acceptors (Lipinski definition) is 7. The molecule has 1 aliphatic rings. The van der Waals surface area contributed by atoms with Gasteiger partial charge in [0.1, 0.15) is 12.6 Å². The van der Waals surface area contributed by atoms with Crippen molar-refractivity contribution in [1.82, 2.24) is 10.5 Å². The Hall–Kier alpha value is -4.99. The van der Waals surface area contributed by atoms with E-state index in [2.05, 4.69) is 5.32 Å². The molecule has 0 bridgehead atoms. The SMILES string of the molecule is O=C(N[C@@H](Cc1ccccc1)C(=O)ON(O)[C@@H](Cc1ccccc1)C(=O)O)OCC1c2ccccc2-c2ccccc21. The van der Waals surface area contributed by atoms with Crippen LogP contribution in [-0.4, -0.2) is 52.3 Å². The largest absolute Gasteiger partial charge is 0.480 e. The molecule has 0 unspecified atom stereocenters. The Labute approximate surface area is 242 Å². The first-order valence-electron chi connectivity index (χ1n) is 13.5. The molecule has 1 amide bonds. The molecule has 1 aliphatic carbocycles. The second kappa shape index (κ2) is 13.1. The maximum atomic E-state index is 13.2. The first kappa shape index (κ1) is 28.5. The summed E-state index contributed by atoms with van der Waals surface area (Å²) in [4.78, 5) is 43.1. The molecule has 0 heterocycles. The van der Waals surface area contributed by atoms with E-state index < -0.39 is 30.1 Å². The molecular weight excluding hydrogens is 536 g/mol. The third-order valence-corrected chi connectivity index (χ3v) is 7.21. The van der Waals surface area contributed by atoms with Crippen LogP contribution in [-0.2, 0) is 32.0 Å². The number of nitrogens with zero attached hydrogens (tertiary/aromatic N) is 1. The maximum absolute atomic E-state index is 13.2. The quantitative estimate of drug-likeness (QED) is 0.217. The number of carbonyl (C=O) groups is 3. The molecule has 0 radical (unpaired) electrons. The second-order valence-electron chi connectivity index (χ2n) is 9.97. The first-order chi connectivity index (χ1) is 20.4. The summed E-state index contributed by atoms with van der Waals surface area (Å²) in [5, 5.41) is 22.7. The van der Waals surface area contributed by atoms with Gasteiger partial charge in [0.2, 0.25) is 0 Å². The van der Waals surface area contributed by atoms with Gasteiger partial charge in [-0.15, -0.1) is 0 Å². The van der Waals surface area contributed by atoms with Gasteiger partial charge in [0, 0.05) is 18.8 Å². The Kier molecular flexibility index (Phi) is 8.91.